The summed E-state index contributed by atoms with van der Waals surface area (Å²) < 4.78 is 10.2. The molecule has 1 heterocycles. The van der Waals surface area contributed by atoms with E-state index in [-0.39, 0.29) is 16.4 Å². The standard InChI is InChI=1S/C30H36O8/c1-15-13-20-21(30(5,6)12-11-29(20,3)4)14-19(15)16(2)17-7-9-18(10-8-17)27(36)38-28-24(33)22(31)23(32)25(37-28)26(34)35/h7-10,13-14,22-25,28,31-33H,2,11-12H2,1,3-6H3,(H,34,35)/t22-,23+,24-,25+,28+/m1/s1. The quantitative estimate of drug-likeness (QED) is 0.437. The Labute approximate surface area is 222 Å². The molecule has 204 valence electrons. The average molecular weight is 525 g/mol. The molecule has 4 N–H and O–H groups in total. The molecule has 0 bridgehead atoms. The maximum Gasteiger partial charge on any atom is 0.340 e. The van der Waals surface area contributed by atoms with Gasteiger partial charge in [0, 0.05) is 0 Å². The van der Waals surface area contributed by atoms with Crippen molar-refractivity contribution in [3.8, 4) is 0 Å². The number of rotatable bonds is 5. The first-order valence-electron chi connectivity index (χ1n) is 12.7. The summed E-state index contributed by atoms with van der Waals surface area (Å²) >= 11 is 0. The van der Waals surface area contributed by atoms with Crippen molar-refractivity contribution in [3.05, 3.63) is 76.4 Å². The van der Waals surface area contributed by atoms with Gasteiger partial charge >= 0.3 is 11.9 Å². The molecule has 0 radical (unpaired) electrons. The van der Waals surface area contributed by atoms with Crippen molar-refractivity contribution in [1.29, 1.82) is 0 Å². The van der Waals surface area contributed by atoms with Gasteiger partial charge in [-0.25, -0.2) is 9.59 Å². The number of hydrogen-bond acceptors (Lipinski definition) is 7. The van der Waals surface area contributed by atoms with E-state index in [0.29, 0.717) is 0 Å². The van der Waals surface area contributed by atoms with E-state index in [1.165, 1.54) is 11.1 Å². The van der Waals surface area contributed by atoms with E-state index in [1.54, 1.807) is 24.3 Å². The number of fused-ring (bicyclic) bond motifs is 1. The Hall–Kier alpha value is -3.04. The number of aliphatic hydroxyl groups excluding tert-OH is 3. The smallest absolute Gasteiger partial charge is 0.340 e. The highest BCUT2D eigenvalue weighted by atomic mass is 16.7. The number of aryl methyl sites for hydroxylation is 1. The lowest BCUT2D eigenvalue weighted by Gasteiger charge is -2.42. The van der Waals surface area contributed by atoms with Crippen LogP contribution in [0.5, 0.6) is 0 Å². The SMILES string of the molecule is C=C(c1ccc(C(=O)O[C@@H]2O[C@H](C(=O)O)[C@@H](O)[C@@H](O)[C@H]2O)cc1)c1cc2c(cc1C)C(C)(C)CCC2(C)C. The van der Waals surface area contributed by atoms with Gasteiger partial charge in [0.15, 0.2) is 6.10 Å². The Morgan fingerprint density at radius 3 is 1.97 bits per heavy atom. The van der Waals surface area contributed by atoms with Gasteiger partial charge in [-0.05, 0) is 76.1 Å². The van der Waals surface area contributed by atoms with Crippen molar-refractivity contribution in [2.24, 2.45) is 0 Å². The topological polar surface area (TPSA) is 134 Å². The van der Waals surface area contributed by atoms with Crippen molar-refractivity contribution in [3.63, 3.8) is 0 Å². The number of benzene rings is 2. The van der Waals surface area contributed by atoms with Crippen molar-refractivity contribution >= 4 is 17.5 Å². The Bertz CT molecular complexity index is 1260. The maximum atomic E-state index is 12.7. The summed E-state index contributed by atoms with van der Waals surface area (Å²) in [7, 11) is 0. The van der Waals surface area contributed by atoms with E-state index in [2.05, 4.69) is 53.3 Å². The molecule has 0 saturated carbocycles. The summed E-state index contributed by atoms with van der Waals surface area (Å²) in [5.41, 5.74) is 6.78. The van der Waals surface area contributed by atoms with Crippen molar-refractivity contribution in [1.82, 2.24) is 0 Å². The Morgan fingerprint density at radius 1 is 0.895 bits per heavy atom. The number of carboxylic acids is 1. The molecule has 38 heavy (non-hydrogen) atoms. The largest absolute Gasteiger partial charge is 0.479 e. The van der Waals surface area contributed by atoms with Crippen LogP contribution >= 0.6 is 0 Å². The molecule has 1 aliphatic heterocycles. The molecule has 2 aromatic carbocycles. The zero-order chi connectivity index (χ0) is 28.2. The molecule has 4 rings (SSSR count). The third-order valence-corrected chi connectivity index (χ3v) is 8.03. The number of aliphatic carboxylic acids is 1. The van der Waals surface area contributed by atoms with Crippen LogP contribution < -0.4 is 0 Å². The lowest BCUT2D eigenvalue weighted by Crippen LogP contribution is -2.60. The molecule has 1 fully saturated rings. The molecule has 5 atom stereocenters. The maximum absolute atomic E-state index is 12.7. The molecule has 1 aliphatic carbocycles. The van der Waals surface area contributed by atoms with Gasteiger partial charge in [0.05, 0.1) is 5.56 Å². The monoisotopic (exact) mass is 524 g/mol. The fraction of sp³-hybridized carbons (Fsp3) is 0.467. The zero-order valence-corrected chi connectivity index (χ0v) is 22.4. The normalized spacial score (nSPS) is 27.7. The first-order valence-corrected chi connectivity index (χ1v) is 12.7. The average Bonchev–Trinajstić information content (AvgIpc) is 2.86. The van der Waals surface area contributed by atoms with Crippen molar-refractivity contribution < 1.29 is 39.5 Å². The van der Waals surface area contributed by atoms with Gasteiger partial charge in [0.1, 0.15) is 18.3 Å². The van der Waals surface area contributed by atoms with Crippen LogP contribution in [0.2, 0.25) is 0 Å². The zero-order valence-electron chi connectivity index (χ0n) is 22.4. The molecule has 0 amide bonds. The summed E-state index contributed by atoms with van der Waals surface area (Å²) in [6.45, 7) is 15.5. The second-order valence-corrected chi connectivity index (χ2v) is 11.7. The van der Waals surface area contributed by atoms with Gasteiger partial charge in [-0.3, -0.25) is 0 Å². The number of ether oxygens (including phenoxy) is 2. The van der Waals surface area contributed by atoms with Crippen LogP contribution in [-0.4, -0.2) is 63.1 Å². The molecular formula is C30H36O8. The number of carboxylic acid groups (broad SMARTS) is 1. The van der Waals surface area contributed by atoms with E-state index < -0.39 is 42.6 Å². The minimum atomic E-state index is -1.87. The first kappa shape index (κ1) is 28.0. The summed E-state index contributed by atoms with van der Waals surface area (Å²) in [6.07, 6.45) is -6.93. The van der Waals surface area contributed by atoms with E-state index in [9.17, 15) is 30.0 Å². The Kier molecular flexibility index (Phi) is 7.31. The Balaban J connectivity index is 1.54. The molecule has 1 saturated heterocycles. The second kappa shape index (κ2) is 9.93. The molecule has 2 aromatic rings. The van der Waals surface area contributed by atoms with E-state index in [1.807, 2.05) is 0 Å². The minimum Gasteiger partial charge on any atom is -0.479 e. The van der Waals surface area contributed by atoms with Gasteiger partial charge in [-0.15, -0.1) is 0 Å². The van der Waals surface area contributed by atoms with Crippen LogP contribution in [0.25, 0.3) is 5.57 Å². The highest BCUT2D eigenvalue weighted by Crippen LogP contribution is 2.47. The number of carbonyl (C=O) groups is 2. The van der Waals surface area contributed by atoms with Crippen LogP contribution in [-0.2, 0) is 25.1 Å². The summed E-state index contributed by atoms with van der Waals surface area (Å²) in [5.74, 6) is -2.44. The molecule has 0 unspecified atom stereocenters. The molecule has 0 spiro atoms. The lowest BCUT2D eigenvalue weighted by atomic mass is 9.62. The van der Waals surface area contributed by atoms with E-state index >= 15 is 0 Å². The Morgan fingerprint density at radius 2 is 1.42 bits per heavy atom. The van der Waals surface area contributed by atoms with E-state index in [4.69, 9.17) is 9.47 Å². The highest BCUT2D eigenvalue weighted by Gasteiger charge is 2.48. The predicted molar refractivity (Wildman–Crippen MR) is 141 cm³/mol. The van der Waals surface area contributed by atoms with Gasteiger partial charge in [0.25, 0.3) is 0 Å². The van der Waals surface area contributed by atoms with Gasteiger partial charge in [-0.2, -0.15) is 0 Å². The minimum absolute atomic E-state index is 0.0518. The summed E-state index contributed by atoms with van der Waals surface area (Å²) in [4.78, 5) is 24.0. The molecule has 0 aromatic heterocycles. The fourth-order valence-electron chi connectivity index (χ4n) is 5.33. The van der Waals surface area contributed by atoms with Crippen molar-refractivity contribution in [2.75, 3.05) is 0 Å². The van der Waals surface area contributed by atoms with E-state index in [0.717, 1.165) is 35.1 Å². The van der Waals surface area contributed by atoms with Crippen LogP contribution in [0.1, 0.15) is 78.7 Å². The second-order valence-electron chi connectivity index (χ2n) is 11.7. The molecule has 8 nitrogen and oxygen atoms in total. The highest BCUT2D eigenvalue weighted by molar-refractivity contribution is 5.90. The van der Waals surface area contributed by atoms with Crippen LogP contribution in [0.3, 0.4) is 0 Å². The van der Waals surface area contributed by atoms with Crippen LogP contribution in [0.15, 0.2) is 43.0 Å². The van der Waals surface area contributed by atoms with Crippen molar-refractivity contribution in [2.45, 2.75) is 89.0 Å². The summed E-state index contributed by atoms with van der Waals surface area (Å²) in [5, 5.41) is 39.0. The number of carbonyl (C=O) groups excluding carboxylic acids is 1. The summed E-state index contributed by atoms with van der Waals surface area (Å²) in [6, 6.07) is 11.1. The fourth-order valence-corrected chi connectivity index (χ4v) is 5.33. The molecule has 2 aliphatic rings. The number of aliphatic hydroxyl groups is 3. The van der Waals surface area contributed by atoms with Crippen LogP contribution in [0, 0.1) is 6.92 Å². The predicted octanol–water partition coefficient (Wildman–Crippen LogP) is 3.45. The number of hydrogen-bond donors (Lipinski definition) is 4. The molecular weight excluding hydrogens is 488 g/mol. The lowest BCUT2D eigenvalue weighted by molar-refractivity contribution is -0.278. The first-order chi connectivity index (χ1) is 17.6. The van der Waals surface area contributed by atoms with Gasteiger partial charge in [-0.1, -0.05) is 58.5 Å². The number of esters is 1. The van der Waals surface area contributed by atoms with Gasteiger partial charge < -0.3 is 29.9 Å². The van der Waals surface area contributed by atoms with Gasteiger partial charge in [0.2, 0.25) is 6.29 Å². The third kappa shape index (κ3) is 5.01. The van der Waals surface area contributed by atoms with Crippen LogP contribution in [0.4, 0.5) is 0 Å². The third-order valence-electron chi connectivity index (χ3n) is 8.03. The molecule has 8 heteroatoms.